The van der Waals surface area contributed by atoms with Gasteiger partial charge in [-0.2, -0.15) is 4.40 Å². The van der Waals surface area contributed by atoms with Gasteiger partial charge in [-0.3, -0.25) is 0 Å². The van der Waals surface area contributed by atoms with Crippen LogP contribution in [0.15, 0.2) is 97.3 Å². The Hall–Kier alpha value is -3.70. The summed E-state index contributed by atoms with van der Waals surface area (Å²) in [6.45, 7) is 0. The Morgan fingerprint density at radius 3 is 2.47 bits per heavy atom. The fourth-order valence-electron chi connectivity index (χ4n) is 3.79. The summed E-state index contributed by atoms with van der Waals surface area (Å²) in [6, 6.07) is 25.9. The van der Waals surface area contributed by atoms with Crippen molar-refractivity contribution in [1.29, 1.82) is 0 Å². The molecule has 0 unspecified atom stereocenters. The second-order valence-corrected chi connectivity index (χ2v) is 7.23. The summed E-state index contributed by atoms with van der Waals surface area (Å²) < 4.78 is 13.3. The van der Waals surface area contributed by atoms with Gasteiger partial charge < -0.3 is 26.5 Å². The highest BCUT2D eigenvalue weighted by atomic mass is 79.9. The average molecular weight is 486 g/mol. The van der Waals surface area contributed by atoms with Crippen LogP contribution in [0.3, 0.4) is 0 Å². The number of esters is 1. The van der Waals surface area contributed by atoms with Crippen molar-refractivity contribution in [2.75, 3.05) is 7.11 Å². The first-order chi connectivity index (χ1) is 15.2. The topological polar surface area (TPSA) is 39.6 Å². The highest BCUT2D eigenvalue weighted by Gasteiger charge is 2.18. The molecule has 0 saturated heterocycles. The lowest BCUT2D eigenvalue weighted by atomic mass is 10.1. The molecular weight excluding hydrogens is 466 g/mol. The van der Waals surface area contributed by atoms with E-state index in [2.05, 4.69) is 24.3 Å². The summed E-state index contributed by atoms with van der Waals surface area (Å²) in [7, 11) is 1.57. The number of rotatable bonds is 4. The van der Waals surface area contributed by atoms with E-state index in [1.807, 2.05) is 71.4 Å². The van der Waals surface area contributed by atoms with E-state index in [4.69, 9.17) is 9.47 Å². The van der Waals surface area contributed by atoms with Gasteiger partial charge in [0.15, 0.2) is 23.9 Å². The molecule has 0 N–H and O–H groups in total. The van der Waals surface area contributed by atoms with Crippen LogP contribution in [0, 0.1) is 0 Å². The van der Waals surface area contributed by atoms with Crippen LogP contribution in [0.2, 0.25) is 0 Å². The van der Waals surface area contributed by atoms with E-state index in [0.29, 0.717) is 11.5 Å². The summed E-state index contributed by atoms with van der Waals surface area (Å²) >= 11 is 0. The molecule has 0 aliphatic rings. The lowest BCUT2D eigenvalue weighted by molar-refractivity contribution is -0.509. The predicted molar refractivity (Wildman–Crippen MR) is 122 cm³/mol. The molecule has 5 rings (SSSR count). The lowest BCUT2D eigenvalue weighted by Crippen LogP contribution is -3.00. The third kappa shape index (κ3) is 4.07. The molecule has 0 bridgehead atoms. The third-order valence-electron chi connectivity index (χ3n) is 5.32. The van der Waals surface area contributed by atoms with Crippen molar-refractivity contribution in [2.45, 2.75) is 0 Å². The SMILES string of the molecule is COc1ccc2cc3c4ccccc4cc[n+]3cc2c1OC(=O)C=Cc1ccccc1.[Br-]. The number of benzene rings is 3. The molecule has 4 nitrogen and oxygen atoms in total. The number of carbonyl (C=O) groups is 1. The summed E-state index contributed by atoms with van der Waals surface area (Å²) in [5.74, 6) is 0.457. The van der Waals surface area contributed by atoms with Crippen LogP contribution in [0.1, 0.15) is 5.56 Å². The molecule has 0 amide bonds. The Balaban J connectivity index is 0.00000245. The molecule has 0 atom stereocenters. The summed E-state index contributed by atoms with van der Waals surface area (Å²) in [4.78, 5) is 12.6. The molecule has 2 heterocycles. The number of aromatic nitrogens is 1. The smallest absolute Gasteiger partial charge is 0.336 e. The Bertz CT molecular complexity index is 1460. The number of nitrogens with zero attached hydrogens (tertiary/aromatic N) is 1. The van der Waals surface area contributed by atoms with Crippen molar-refractivity contribution in [3.05, 3.63) is 103 Å². The molecule has 5 heteroatoms. The van der Waals surface area contributed by atoms with Crippen LogP contribution >= 0.6 is 0 Å². The van der Waals surface area contributed by atoms with Crippen LogP contribution in [-0.2, 0) is 4.79 Å². The second kappa shape index (κ2) is 9.20. The molecule has 0 fully saturated rings. The number of methoxy groups -OCH3 is 1. The van der Waals surface area contributed by atoms with Crippen LogP contribution in [-0.4, -0.2) is 13.1 Å². The zero-order chi connectivity index (χ0) is 21.2. The first-order valence-electron chi connectivity index (χ1n) is 10.0. The Labute approximate surface area is 196 Å². The second-order valence-electron chi connectivity index (χ2n) is 7.23. The molecule has 158 valence electrons. The normalized spacial score (nSPS) is 11.0. The standard InChI is InChI=1S/C27H20NO3.BrH/c1-30-25-13-12-21-17-24-22-10-6-5-9-20(22)15-16-28(24)18-23(21)27(25)31-26(29)14-11-19-7-3-2-4-8-19;/h2-18H,1H3;1H/q+1;/p-1. The molecule has 5 aromatic rings. The average Bonchev–Trinajstić information content (AvgIpc) is 2.82. The number of fused-ring (bicyclic) bond motifs is 4. The number of ether oxygens (including phenoxy) is 2. The molecular formula is C27H20BrNO3. The maximum absolute atomic E-state index is 12.6. The van der Waals surface area contributed by atoms with Gasteiger partial charge in [-0.15, -0.1) is 0 Å². The summed E-state index contributed by atoms with van der Waals surface area (Å²) in [5, 5.41) is 4.10. The zero-order valence-electron chi connectivity index (χ0n) is 17.4. The first-order valence-corrected chi connectivity index (χ1v) is 10.0. The maximum Gasteiger partial charge on any atom is 0.336 e. The highest BCUT2D eigenvalue weighted by Crippen LogP contribution is 2.36. The number of halogens is 1. The van der Waals surface area contributed by atoms with Gasteiger partial charge in [0.05, 0.1) is 17.9 Å². The number of carbonyl (C=O) groups excluding carboxylic acids is 1. The minimum atomic E-state index is -0.460. The van der Waals surface area contributed by atoms with Crippen molar-refractivity contribution in [3.63, 3.8) is 0 Å². The number of hydrogen-bond donors (Lipinski definition) is 0. The molecule has 2 aromatic heterocycles. The minimum absolute atomic E-state index is 0. The Kier molecular flexibility index (Phi) is 6.19. The monoisotopic (exact) mass is 485 g/mol. The van der Waals surface area contributed by atoms with E-state index < -0.39 is 5.97 Å². The van der Waals surface area contributed by atoms with Crippen LogP contribution < -0.4 is 30.9 Å². The van der Waals surface area contributed by atoms with Crippen molar-refractivity contribution < 1.29 is 35.7 Å². The quantitative estimate of drug-likeness (QED) is 0.0979. The van der Waals surface area contributed by atoms with E-state index in [0.717, 1.165) is 27.2 Å². The van der Waals surface area contributed by atoms with Gasteiger partial charge in [0.25, 0.3) is 0 Å². The number of hydrogen-bond acceptors (Lipinski definition) is 3. The Morgan fingerprint density at radius 1 is 0.875 bits per heavy atom. The van der Waals surface area contributed by atoms with E-state index in [1.165, 1.54) is 11.5 Å². The fraction of sp³-hybridized carbons (Fsp3) is 0.0370. The molecule has 3 aromatic carbocycles. The van der Waals surface area contributed by atoms with Gasteiger partial charge in [-0.1, -0.05) is 48.5 Å². The lowest BCUT2D eigenvalue weighted by Gasteiger charge is -2.10. The number of pyridine rings is 2. The van der Waals surface area contributed by atoms with Crippen LogP contribution in [0.5, 0.6) is 11.5 Å². The van der Waals surface area contributed by atoms with Gasteiger partial charge in [0.1, 0.15) is 0 Å². The van der Waals surface area contributed by atoms with E-state index in [1.54, 1.807) is 13.2 Å². The van der Waals surface area contributed by atoms with Crippen molar-refractivity contribution in [2.24, 2.45) is 0 Å². The van der Waals surface area contributed by atoms with E-state index in [-0.39, 0.29) is 17.0 Å². The van der Waals surface area contributed by atoms with Crippen molar-refractivity contribution >= 4 is 39.1 Å². The van der Waals surface area contributed by atoms with Crippen LogP contribution in [0.25, 0.3) is 33.1 Å². The maximum atomic E-state index is 12.6. The summed E-state index contributed by atoms with van der Waals surface area (Å²) in [5.41, 5.74) is 2.01. The first kappa shape index (κ1) is 21.5. The molecule has 0 aliphatic heterocycles. The van der Waals surface area contributed by atoms with E-state index >= 15 is 0 Å². The molecule has 0 radical (unpaired) electrons. The van der Waals surface area contributed by atoms with Gasteiger partial charge >= 0.3 is 5.97 Å². The molecule has 0 spiro atoms. The van der Waals surface area contributed by atoms with E-state index in [9.17, 15) is 4.79 Å². The largest absolute Gasteiger partial charge is 1.00 e. The van der Waals surface area contributed by atoms with Gasteiger partial charge in [-0.05, 0) is 40.6 Å². The van der Waals surface area contributed by atoms with Crippen molar-refractivity contribution in [3.8, 4) is 11.5 Å². The molecule has 0 saturated carbocycles. The molecule has 0 aliphatic carbocycles. The van der Waals surface area contributed by atoms with Gasteiger partial charge in [0.2, 0.25) is 5.52 Å². The fourth-order valence-corrected chi connectivity index (χ4v) is 3.79. The van der Waals surface area contributed by atoms with Gasteiger partial charge in [-0.25, -0.2) is 4.79 Å². The van der Waals surface area contributed by atoms with Gasteiger partial charge in [0, 0.05) is 18.2 Å². The highest BCUT2D eigenvalue weighted by molar-refractivity contribution is 6.00. The Morgan fingerprint density at radius 2 is 1.66 bits per heavy atom. The van der Waals surface area contributed by atoms with Crippen LogP contribution in [0.4, 0.5) is 0 Å². The molecule has 32 heavy (non-hydrogen) atoms. The minimum Gasteiger partial charge on any atom is -1.00 e. The van der Waals surface area contributed by atoms with Crippen molar-refractivity contribution in [1.82, 2.24) is 0 Å². The third-order valence-corrected chi connectivity index (χ3v) is 5.32. The zero-order valence-corrected chi connectivity index (χ0v) is 19.0. The predicted octanol–water partition coefficient (Wildman–Crippen LogP) is 2.36. The summed E-state index contributed by atoms with van der Waals surface area (Å²) in [6.07, 6.45) is 7.15.